The molecule has 0 aliphatic rings. The number of para-hydroxylation sites is 2. The summed E-state index contributed by atoms with van der Waals surface area (Å²) in [5.41, 5.74) is 3.68. The topological polar surface area (TPSA) is 23.5 Å². The molecule has 2 aromatic carbocycles. The average molecular weight is 283 g/mol. The van der Waals surface area contributed by atoms with Crippen LogP contribution >= 0.6 is 0 Å². The van der Waals surface area contributed by atoms with Gasteiger partial charge in [0.2, 0.25) is 0 Å². The molecule has 2 rings (SSSR count). The van der Waals surface area contributed by atoms with E-state index >= 15 is 0 Å². The molecule has 1 unspecified atom stereocenters. The van der Waals surface area contributed by atoms with Gasteiger partial charge in [0.15, 0.2) is 0 Å². The average Bonchev–Trinajstić information content (AvgIpc) is 2.51. The summed E-state index contributed by atoms with van der Waals surface area (Å²) < 4.78 is 0. The number of aromatic hydroxyl groups is 1. The third-order valence-corrected chi connectivity index (χ3v) is 4.09. The summed E-state index contributed by atoms with van der Waals surface area (Å²) in [5, 5.41) is 9.97. The van der Waals surface area contributed by atoms with E-state index in [4.69, 9.17) is 0 Å². The van der Waals surface area contributed by atoms with Gasteiger partial charge >= 0.3 is 0 Å². The summed E-state index contributed by atoms with van der Waals surface area (Å²) in [6.45, 7) is 8.63. The molecular weight excluding hydrogens is 258 g/mol. The zero-order valence-corrected chi connectivity index (χ0v) is 13.2. The van der Waals surface area contributed by atoms with Crippen molar-refractivity contribution in [1.82, 2.24) is 0 Å². The Kier molecular flexibility index (Phi) is 5.26. The van der Waals surface area contributed by atoms with E-state index < -0.39 is 0 Å². The predicted octanol–water partition coefficient (Wildman–Crippen LogP) is 4.58. The predicted molar refractivity (Wildman–Crippen MR) is 90.2 cm³/mol. The second-order valence-corrected chi connectivity index (χ2v) is 5.46. The lowest BCUT2D eigenvalue weighted by Crippen LogP contribution is -2.23. The Balaban J connectivity index is 2.27. The van der Waals surface area contributed by atoms with Gasteiger partial charge in [-0.25, -0.2) is 0 Å². The molecule has 0 aromatic heterocycles. The first kappa shape index (κ1) is 15.4. The lowest BCUT2D eigenvalue weighted by molar-refractivity contribution is 0.466. The molecule has 0 bridgehead atoms. The van der Waals surface area contributed by atoms with Crippen molar-refractivity contribution in [2.24, 2.45) is 0 Å². The Morgan fingerprint density at radius 2 is 1.57 bits per heavy atom. The number of phenols is 1. The van der Waals surface area contributed by atoms with Crippen LogP contribution in [0.25, 0.3) is 0 Å². The van der Waals surface area contributed by atoms with Gasteiger partial charge in [-0.2, -0.15) is 0 Å². The third-order valence-electron chi connectivity index (χ3n) is 4.09. The summed E-state index contributed by atoms with van der Waals surface area (Å²) in [6.07, 6.45) is 0.852. The Labute approximate surface area is 128 Å². The molecule has 0 spiro atoms. The van der Waals surface area contributed by atoms with Gasteiger partial charge in [0.05, 0.1) is 0 Å². The van der Waals surface area contributed by atoms with Crippen LogP contribution in [0, 0.1) is 0 Å². The van der Waals surface area contributed by atoms with Crippen molar-refractivity contribution < 1.29 is 5.11 Å². The van der Waals surface area contributed by atoms with E-state index in [-0.39, 0.29) is 0 Å². The zero-order chi connectivity index (χ0) is 15.2. The maximum atomic E-state index is 9.97. The summed E-state index contributed by atoms with van der Waals surface area (Å²) in [5.74, 6) is 0.764. The molecule has 0 fully saturated rings. The van der Waals surface area contributed by atoms with Gasteiger partial charge in [0, 0.05) is 18.8 Å². The van der Waals surface area contributed by atoms with Crippen LogP contribution in [0.1, 0.15) is 37.8 Å². The van der Waals surface area contributed by atoms with Crippen molar-refractivity contribution in [3.8, 4) is 5.75 Å². The van der Waals surface area contributed by atoms with Crippen LogP contribution in [0.5, 0.6) is 5.75 Å². The molecule has 2 nitrogen and oxygen atoms in total. The molecule has 2 aromatic rings. The molecule has 112 valence electrons. The van der Waals surface area contributed by atoms with Crippen molar-refractivity contribution in [2.45, 2.75) is 33.1 Å². The molecule has 2 heteroatoms. The largest absolute Gasteiger partial charge is 0.508 e. The second kappa shape index (κ2) is 7.16. The van der Waals surface area contributed by atoms with E-state index in [0.29, 0.717) is 11.7 Å². The lowest BCUT2D eigenvalue weighted by atomic mass is 9.91. The second-order valence-electron chi connectivity index (χ2n) is 5.46. The number of hydrogen-bond acceptors (Lipinski definition) is 2. The van der Waals surface area contributed by atoms with Gasteiger partial charge in [-0.1, -0.05) is 43.3 Å². The maximum Gasteiger partial charge on any atom is 0.118 e. The molecule has 0 radical (unpaired) electrons. The number of anilines is 1. The zero-order valence-electron chi connectivity index (χ0n) is 13.2. The molecule has 0 amide bonds. The van der Waals surface area contributed by atoms with Crippen LogP contribution in [0.4, 0.5) is 5.69 Å². The number of benzene rings is 2. The maximum absolute atomic E-state index is 9.97. The fourth-order valence-corrected chi connectivity index (χ4v) is 2.88. The Morgan fingerprint density at radius 1 is 0.952 bits per heavy atom. The monoisotopic (exact) mass is 283 g/mol. The highest BCUT2D eigenvalue weighted by Crippen LogP contribution is 2.31. The Bertz CT molecular complexity index is 575. The number of nitrogens with zero attached hydrogens (tertiary/aromatic N) is 1. The number of hydrogen-bond donors (Lipinski definition) is 1. The van der Waals surface area contributed by atoms with Gasteiger partial charge < -0.3 is 10.0 Å². The van der Waals surface area contributed by atoms with Crippen molar-refractivity contribution in [3.63, 3.8) is 0 Å². The van der Waals surface area contributed by atoms with Crippen molar-refractivity contribution in [3.05, 3.63) is 59.7 Å². The molecule has 0 aliphatic heterocycles. The minimum Gasteiger partial charge on any atom is -0.508 e. The Hall–Kier alpha value is -1.96. The van der Waals surface area contributed by atoms with E-state index in [9.17, 15) is 5.11 Å². The molecular formula is C19H25NO. The van der Waals surface area contributed by atoms with E-state index in [1.807, 2.05) is 18.2 Å². The SMILES string of the molecule is CCN(CC)c1ccccc1C(C)Cc1ccccc1O. The van der Waals surface area contributed by atoms with E-state index in [1.54, 1.807) is 6.07 Å². The molecule has 0 saturated carbocycles. The quantitative estimate of drug-likeness (QED) is 0.838. The standard InChI is InChI=1S/C19H25NO/c1-4-20(5-2)18-12-8-7-11-17(18)15(3)14-16-10-6-9-13-19(16)21/h6-13,15,21H,4-5,14H2,1-3H3. The minimum atomic E-state index is 0.370. The molecule has 21 heavy (non-hydrogen) atoms. The van der Waals surface area contributed by atoms with Crippen LogP contribution in [-0.4, -0.2) is 18.2 Å². The van der Waals surface area contributed by atoms with Crippen molar-refractivity contribution >= 4 is 5.69 Å². The van der Waals surface area contributed by atoms with Crippen LogP contribution < -0.4 is 4.90 Å². The van der Waals surface area contributed by atoms with Gasteiger partial charge in [0.25, 0.3) is 0 Å². The number of phenolic OH excluding ortho intramolecular Hbond substituents is 1. The van der Waals surface area contributed by atoms with Crippen LogP contribution in [-0.2, 0) is 6.42 Å². The molecule has 1 N–H and O–H groups in total. The molecule has 0 heterocycles. The van der Waals surface area contributed by atoms with E-state index in [2.05, 4.69) is 49.9 Å². The summed E-state index contributed by atoms with van der Waals surface area (Å²) >= 11 is 0. The molecule has 0 saturated heterocycles. The van der Waals surface area contributed by atoms with Crippen LogP contribution in [0.15, 0.2) is 48.5 Å². The lowest BCUT2D eigenvalue weighted by Gasteiger charge is -2.26. The summed E-state index contributed by atoms with van der Waals surface area (Å²) in [6, 6.07) is 16.2. The fourth-order valence-electron chi connectivity index (χ4n) is 2.88. The first-order chi connectivity index (χ1) is 10.2. The highest BCUT2D eigenvalue weighted by molar-refractivity contribution is 5.55. The van der Waals surface area contributed by atoms with E-state index in [1.165, 1.54) is 11.3 Å². The van der Waals surface area contributed by atoms with Gasteiger partial charge in [-0.3, -0.25) is 0 Å². The highest BCUT2D eigenvalue weighted by atomic mass is 16.3. The normalized spacial score (nSPS) is 12.1. The van der Waals surface area contributed by atoms with Crippen molar-refractivity contribution in [2.75, 3.05) is 18.0 Å². The van der Waals surface area contributed by atoms with Crippen molar-refractivity contribution in [1.29, 1.82) is 0 Å². The van der Waals surface area contributed by atoms with Gasteiger partial charge in [-0.05, 0) is 49.4 Å². The van der Waals surface area contributed by atoms with Crippen LogP contribution in [0.2, 0.25) is 0 Å². The first-order valence-corrected chi connectivity index (χ1v) is 7.78. The minimum absolute atomic E-state index is 0.370. The first-order valence-electron chi connectivity index (χ1n) is 7.78. The summed E-state index contributed by atoms with van der Waals surface area (Å²) in [4.78, 5) is 2.39. The number of rotatable bonds is 6. The smallest absolute Gasteiger partial charge is 0.118 e. The molecule has 0 aliphatic carbocycles. The third kappa shape index (κ3) is 3.57. The van der Waals surface area contributed by atoms with E-state index in [0.717, 1.165) is 25.1 Å². The van der Waals surface area contributed by atoms with Gasteiger partial charge in [-0.15, -0.1) is 0 Å². The van der Waals surface area contributed by atoms with Gasteiger partial charge in [0.1, 0.15) is 5.75 Å². The Morgan fingerprint density at radius 3 is 2.24 bits per heavy atom. The van der Waals surface area contributed by atoms with Crippen LogP contribution in [0.3, 0.4) is 0 Å². The summed E-state index contributed by atoms with van der Waals surface area (Å²) in [7, 11) is 0. The fraction of sp³-hybridized carbons (Fsp3) is 0.368. The highest BCUT2D eigenvalue weighted by Gasteiger charge is 2.15. The molecule has 1 atom stereocenters.